The van der Waals surface area contributed by atoms with Crippen molar-refractivity contribution in [3.63, 3.8) is 0 Å². The molecule has 3 fully saturated rings. The second-order valence-corrected chi connectivity index (χ2v) is 9.57. The molecule has 0 N–H and O–H groups in total. The number of benzene rings is 1. The summed E-state index contributed by atoms with van der Waals surface area (Å²) in [5.74, 6) is -1.83. The van der Waals surface area contributed by atoms with Crippen molar-refractivity contribution in [1.82, 2.24) is 4.90 Å². The molecule has 1 heterocycles. The van der Waals surface area contributed by atoms with Crippen LogP contribution in [0.1, 0.15) is 43.5 Å². The number of nitrogens with zero attached hydrogens (tertiary/aromatic N) is 1. The van der Waals surface area contributed by atoms with E-state index in [2.05, 4.69) is 15.9 Å². The molecule has 0 radical (unpaired) electrons. The summed E-state index contributed by atoms with van der Waals surface area (Å²) in [7, 11) is 0. The Kier molecular flexibility index (Phi) is 5.36. The minimum absolute atomic E-state index is 0.234. The first-order valence-corrected chi connectivity index (χ1v) is 10.9. The van der Waals surface area contributed by atoms with E-state index in [1.54, 1.807) is 38.1 Å². The van der Waals surface area contributed by atoms with Gasteiger partial charge in [0.05, 0.1) is 11.8 Å². The lowest BCUT2D eigenvalue weighted by atomic mass is 9.81. The molecule has 3 aliphatic rings. The first-order valence-electron chi connectivity index (χ1n) is 10.1. The third-order valence-electron chi connectivity index (χ3n) is 6.62. The average molecular weight is 462 g/mol. The lowest BCUT2D eigenvalue weighted by molar-refractivity contribution is -0.160. The van der Waals surface area contributed by atoms with Crippen molar-refractivity contribution in [2.75, 3.05) is 6.61 Å². The Hall–Kier alpha value is -2.02. The van der Waals surface area contributed by atoms with Gasteiger partial charge in [-0.15, -0.1) is 0 Å². The van der Waals surface area contributed by atoms with Crippen LogP contribution in [0.2, 0.25) is 0 Å². The first kappa shape index (κ1) is 20.3. The van der Waals surface area contributed by atoms with Gasteiger partial charge in [0.2, 0.25) is 11.8 Å². The number of halogens is 1. The standard InChI is InChI=1S/C22H24BrNO5/c1-11(2)19(22(28)29-10-16(25)12-5-7-15(23)8-6-12)24-20(26)17-13-3-4-14(9-13)18(17)21(24)27/h5-8,11,13-14,17-19H,3-4,9-10H2,1-2H3/t13-,14-,17+,18+,19+/m0/s1. The summed E-state index contributed by atoms with van der Waals surface area (Å²) in [5.41, 5.74) is 0.432. The highest BCUT2D eigenvalue weighted by molar-refractivity contribution is 9.10. The van der Waals surface area contributed by atoms with E-state index < -0.39 is 18.6 Å². The topological polar surface area (TPSA) is 80.8 Å². The van der Waals surface area contributed by atoms with Crippen LogP contribution in [-0.2, 0) is 19.1 Å². The van der Waals surface area contributed by atoms with Crippen molar-refractivity contribution in [1.29, 1.82) is 0 Å². The summed E-state index contributed by atoms with van der Waals surface area (Å²) in [5, 5.41) is 0. The monoisotopic (exact) mass is 461 g/mol. The molecule has 6 nitrogen and oxygen atoms in total. The zero-order valence-corrected chi connectivity index (χ0v) is 18.1. The minimum Gasteiger partial charge on any atom is -0.456 e. The second-order valence-electron chi connectivity index (χ2n) is 8.66. The maximum absolute atomic E-state index is 13.1. The Morgan fingerprint density at radius 3 is 2.14 bits per heavy atom. The summed E-state index contributed by atoms with van der Waals surface area (Å²) in [6, 6.07) is 5.77. The van der Waals surface area contributed by atoms with E-state index in [0.29, 0.717) is 5.56 Å². The number of esters is 1. The van der Waals surface area contributed by atoms with Crippen molar-refractivity contribution in [3.05, 3.63) is 34.3 Å². The molecule has 2 bridgehead atoms. The molecule has 0 unspecified atom stereocenters. The molecule has 4 rings (SSSR count). The van der Waals surface area contributed by atoms with Crippen molar-refractivity contribution < 1.29 is 23.9 Å². The number of carbonyl (C=O) groups excluding carboxylic acids is 4. The van der Waals surface area contributed by atoms with E-state index in [4.69, 9.17) is 4.74 Å². The number of hydrogen-bond acceptors (Lipinski definition) is 5. The Bertz CT molecular complexity index is 836. The Labute approximate surface area is 178 Å². The highest BCUT2D eigenvalue weighted by Crippen LogP contribution is 2.56. The van der Waals surface area contributed by atoms with Gasteiger partial charge < -0.3 is 4.74 Å². The van der Waals surface area contributed by atoms with Crippen LogP contribution in [0.3, 0.4) is 0 Å². The van der Waals surface area contributed by atoms with Gasteiger partial charge in [-0.25, -0.2) is 4.79 Å². The fourth-order valence-electron chi connectivity index (χ4n) is 5.32. The van der Waals surface area contributed by atoms with Crippen molar-refractivity contribution in [3.8, 4) is 0 Å². The first-order chi connectivity index (χ1) is 13.8. The molecule has 5 atom stereocenters. The lowest BCUT2D eigenvalue weighted by Gasteiger charge is -2.28. The van der Waals surface area contributed by atoms with Gasteiger partial charge >= 0.3 is 5.97 Å². The number of ketones is 1. The van der Waals surface area contributed by atoms with E-state index in [1.807, 2.05) is 0 Å². The molecule has 2 aliphatic carbocycles. The molecular formula is C22H24BrNO5. The minimum atomic E-state index is -0.988. The quantitative estimate of drug-likeness (QED) is 0.369. The number of imide groups is 1. The molecule has 29 heavy (non-hydrogen) atoms. The summed E-state index contributed by atoms with van der Waals surface area (Å²) in [6.07, 6.45) is 2.91. The van der Waals surface area contributed by atoms with Gasteiger partial charge in [0.1, 0.15) is 6.04 Å². The van der Waals surface area contributed by atoms with Crippen LogP contribution in [0, 0.1) is 29.6 Å². The largest absolute Gasteiger partial charge is 0.456 e. The molecule has 0 aromatic heterocycles. The number of ether oxygens (including phenoxy) is 1. The predicted octanol–water partition coefficient (Wildman–Crippen LogP) is 3.23. The molecular weight excluding hydrogens is 438 g/mol. The number of carbonyl (C=O) groups is 4. The van der Waals surface area contributed by atoms with Crippen LogP contribution < -0.4 is 0 Å². The summed E-state index contributed by atoms with van der Waals surface area (Å²) in [4.78, 5) is 52.4. The Morgan fingerprint density at radius 2 is 1.62 bits per heavy atom. The van der Waals surface area contributed by atoms with Gasteiger partial charge in [-0.1, -0.05) is 41.9 Å². The van der Waals surface area contributed by atoms with Crippen LogP contribution in [0.15, 0.2) is 28.7 Å². The molecule has 2 saturated carbocycles. The van der Waals surface area contributed by atoms with Gasteiger partial charge in [-0.05, 0) is 49.1 Å². The van der Waals surface area contributed by atoms with E-state index in [1.165, 1.54) is 0 Å². The zero-order chi connectivity index (χ0) is 20.9. The highest BCUT2D eigenvalue weighted by Gasteiger charge is 2.62. The van der Waals surface area contributed by atoms with Crippen LogP contribution in [0.5, 0.6) is 0 Å². The van der Waals surface area contributed by atoms with Crippen molar-refractivity contribution in [2.24, 2.45) is 29.6 Å². The number of Topliss-reactive ketones (excluding diaryl/α,β-unsaturated/α-hetero) is 1. The maximum Gasteiger partial charge on any atom is 0.330 e. The normalized spacial score (nSPS) is 28.8. The van der Waals surface area contributed by atoms with Crippen LogP contribution in [0.25, 0.3) is 0 Å². The molecule has 1 saturated heterocycles. The molecule has 7 heteroatoms. The Balaban J connectivity index is 1.47. The van der Waals surface area contributed by atoms with Crippen LogP contribution in [-0.4, -0.2) is 41.1 Å². The van der Waals surface area contributed by atoms with Gasteiger partial charge in [0, 0.05) is 10.0 Å². The second kappa shape index (κ2) is 7.67. The van der Waals surface area contributed by atoms with Gasteiger partial charge in [-0.3, -0.25) is 19.3 Å². The molecule has 0 spiro atoms. The van der Waals surface area contributed by atoms with E-state index in [9.17, 15) is 19.2 Å². The summed E-state index contributed by atoms with van der Waals surface area (Å²) in [6.45, 7) is 3.15. The fraction of sp³-hybridized carbons (Fsp3) is 0.545. The Morgan fingerprint density at radius 1 is 1.07 bits per heavy atom. The number of amides is 2. The number of fused-ring (bicyclic) bond motifs is 5. The number of likely N-dealkylation sites (tertiary alicyclic amines) is 1. The van der Waals surface area contributed by atoms with Gasteiger partial charge in [-0.2, -0.15) is 0 Å². The molecule has 1 aliphatic heterocycles. The lowest BCUT2D eigenvalue weighted by Crippen LogP contribution is -2.50. The SMILES string of the molecule is CC(C)[C@H](C(=O)OCC(=O)c1ccc(Br)cc1)N1C(=O)[C@@H]2[C@H]3CC[C@@H](C3)[C@H]2C1=O. The fourth-order valence-corrected chi connectivity index (χ4v) is 5.59. The smallest absolute Gasteiger partial charge is 0.330 e. The number of hydrogen-bond donors (Lipinski definition) is 0. The summed E-state index contributed by atoms with van der Waals surface area (Å²) >= 11 is 3.31. The molecule has 1 aromatic carbocycles. The van der Waals surface area contributed by atoms with E-state index >= 15 is 0 Å². The van der Waals surface area contributed by atoms with E-state index in [-0.39, 0.29) is 47.2 Å². The maximum atomic E-state index is 13.1. The van der Waals surface area contributed by atoms with Gasteiger partial charge in [0.15, 0.2) is 12.4 Å². The highest BCUT2D eigenvalue weighted by atomic mass is 79.9. The molecule has 154 valence electrons. The average Bonchev–Trinajstić information content (AvgIpc) is 3.36. The third kappa shape index (κ3) is 3.43. The zero-order valence-electron chi connectivity index (χ0n) is 16.5. The number of rotatable bonds is 6. The van der Waals surface area contributed by atoms with Crippen LogP contribution in [0.4, 0.5) is 0 Å². The van der Waals surface area contributed by atoms with Gasteiger partial charge in [0.25, 0.3) is 0 Å². The third-order valence-corrected chi connectivity index (χ3v) is 7.15. The van der Waals surface area contributed by atoms with E-state index in [0.717, 1.165) is 28.6 Å². The molecule has 1 aromatic rings. The molecule has 2 amide bonds. The predicted molar refractivity (Wildman–Crippen MR) is 108 cm³/mol. The summed E-state index contributed by atoms with van der Waals surface area (Å²) < 4.78 is 6.11. The van der Waals surface area contributed by atoms with Crippen molar-refractivity contribution >= 4 is 39.5 Å². The van der Waals surface area contributed by atoms with Crippen molar-refractivity contribution in [2.45, 2.75) is 39.2 Å². The van der Waals surface area contributed by atoms with Crippen LogP contribution >= 0.6 is 15.9 Å².